The molecule has 1 saturated carbocycles. The molecule has 28 heavy (non-hydrogen) atoms. The first-order valence-corrected chi connectivity index (χ1v) is 10.0. The highest BCUT2D eigenvalue weighted by molar-refractivity contribution is 5.91. The van der Waals surface area contributed by atoms with Gasteiger partial charge in [0, 0.05) is 19.2 Å². The molecule has 0 spiro atoms. The Morgan fingerprint density at radius 1 is 1.11 bits per heavy atom. The molecule has 0 N–H and O–H groups in total. The fourth-order valence-corrected chi connectivity index (χ4v) is 3.51. The van der Waals surface area contributed by atoms with Crippen molar-refractivity contribution in [2.75, 3.05) is 6.54 Å². The van der Waals surface area contributed by atoms with Crippen LogP contribution >= 0.6 is 0 Å². The van der Waals surface area contributed by atoms with E-state index in [1.807, 2.05) is 47.4 Å². The Morgan fingerprint density at radius 2 is 1.79 bits per heavy atom. The van der Waals surface area contributed by atoms with Crippen LogP contribution in [-0.4, -0.2) is 22.5 Å². The molecule has 1 aliphatic carbocycles. The molecule has 0 radical (unpaired) electrons. The molecule has 144 valence electrons. The number of rotatable bonds is 8. The topological polar surface area (TPSA) is 46.3 Å². The van der Waals surface area contributed by atoms with Gasteiger partial charge in [-0.2, -0.15) is 0 Å². The van der Waals surface area contributed by atoms with Crippen LogP contribution in [0.25, 0.3) is 0 Å². The van der Waals surface area contributed by atoms with Crippen LogP contribution < -0.4 is 0 Å². The lowest BCUT2D eigenvalue weighted by Gasteiger charge is -2.21. The molecule has 4 nitrogen and oxygen atoms in total. The lowest BCUT2D eigenvalue weighted by molar-refractivity contribution is 0.0692. The molecule has 0 bridgehead atoms. The first-order valence-electron chi connectivity index (χ1n) is 10.0. The normalized spacial score (nSPS) is 14.6. The summed E-state index contributed by atoms with van der Waals surface area (Å²) in [6.07, 6.45) is 3.16. The third-order valence-electron chi connectivity index (χ3n) is 5.33. The van der Waals surface area contributed by atoms with Crippen LogP contribution in [0.2, 0.25) is 0 Å². The number of hydrogen-bond acceptors (Lipinski definition) is 3. The second-order valence-electron chi connectivity index (χ2n) is 7.81. The van der Waals surface area contributed by atoms with Crippen LogP contribution in [0, 0.1) is 5.92 Å². The number of carbonyl (C=O) groups excluding carboxylic acids is 1. The zero-order valence-corrected chi connectivity index (χ0v) is 16.3. The first-order chi connectivity index (χ1) is 13.7. The van der Waals surface area contributed by atoms with Crippen molar-refractivity contribution in [2.24, 2.45) is 5.92 Å². The zero-order valence-electron chi connectivity index (χ0n) is 16.3. The van der Waals surface area contributed by atoms with Gasteiger partial charge in [0.2, 0.25) is 5.76 Å². The van der Waals surface area contributed by atoms with E-state index < -0.39 is 0 Å². The summed E-state index contributed by atoms with van der Waals surface area (Å²) in [5.41, 5.74) is 3.22. The van der Waals surface area contributed by atoms with E-state index in [0.29, 0.717) is 24.1 Å². The summed E-state index contributed by atoms with van der Waals surface area (Å²) in [4.78, 5) is 15.0. The minimum atomic E-state index is -0.0677. The Kier molecular flexibility index (Phi) is 5.56. The van der Waals surface area contributed by atoms with Gasteiger partial charge >= 0.3 is 0 Å². The first kappa shape index (κ1) is 18.5. The Labute approximate surface area is 166 Å². The Morgan fingerprint density at radius 3 is 2.46 bits per heavy atom. The molecule has 1 aliphatic rings. The van der Waals surface area contributed by atoms with Gasteiger partial charge in [-0.15, -0.1) is 0 Å². The van der Waals surface area contributed by atoms with Gasteiger partial charge in [0.05, 0.1) is 5.69 Å². The summed E-state index contributed by atoms with van der Waals surface area (Å²) in [6.45, 7) is 3.55. The molecule has 3 aromatic rings. The highest BCUT2D eigenvalue weighted by Crippen LogP contribution is 2.31. The van der Waals surface area contributed by atoms with E-state index in [1.165, 1.54) is 18.4 Å². The lowest BCUT2D eigenvalue weighted by Crippen LogP contribution is -2.32. The molecule has 4 rings (SSSR count). The van der Waals surface area contributed by atoms with Gasteiger partial charge in [-0.05, 0) is 42.2 Å². The largest absolute Gasteiger partial charge is 0.351 e. The van der Waals surface area contributed by atoms with Crippen LogP contribution in [-0.2, 0) is 13.0 Å². The third-order valence-corrected chi connectivity index (χ3v) is 5.33. The number of nitrogens with zero attached hydrogens (tertiary/aromatic N) is 2. The van der Waals surface area contributed by atoms with Crippen LogP contribution in [0.15, 0.2) is 71.3 Å². The number of aromatic nitrogens is 1. The summed E-state index contributed by atoms with van der Waals surface area (Å²) in [6, 6.07) is 22.3. The van der Waals surface area contributed by atoms with Gasteiger partial charge in [-0.1, -0.05) is 72.7 Å². The zero-order chi connectivity index (χ0) is 19.3. The number of amides is 1. The highest BCUT2D eigenvalue weighted by Gasteiger charge is 2.29. The van der Waals surface area contributed by atoms with Gasteiger partial charge < -0.3 is 9.42 Å². The summed E-state index contributed by atoms with van der Waals surface area (Å²) in [5.74, 6) is 1.21. The van der Waals surface area contributed by atoms with Crippen molar-refractivity contribution >= 4 is 5.91 Å². The van der Waals surface area contributed by atoms with Crippen molar-refractivity contribution in [3.63, 3.8) is 0 Å². The smallest absolute Gasteiger partial charge is 0.292 e. The van der Waals surface area contributed by atoms with E-state index in [0.717, 1.165) is 24.2 Å². The van der Waals surface area contributed by atoms with Gasteiger partial charge in [0.15, 0.2) is 0 Å². The SMILES string of the molecule is CC(Cc1cc(C(=O)N(Cc2ccccc2)CC2CC2)on1)c1ccccc1. The van der Waals surface area contributed by atoms with Crippen LogP contribution in [0.5, 0.6) is 0 Å². The van der Waals surface area contributed by atoms with E-state index >= 15 is 0 Å². The van der Waals surface area contributed by atoms with Crippen molar-refractivity contribution in [1.82, 2.24) is 10.1 Å². The monoisotopic (exact) mass is 374 g/mol. The van der Waals surface area contributed by atoms with Crippen LogP contribution in [0.1, 0.15) is 53.1 Å². The maximum atomic E-state index is 13.1. The lowest BCUT2D eigenvalue weighted by atomic mass is 9.96. The van der Waals surface area contributed by atoms with Crippen molar-refractivity contribution in [3.05, 3.63) is 89.3 Å². The second kappa shape index (κ2) is 8.42. The van der Waals surface area contributed by atoms with E-state index in [4.69, 9.17) is 4.52 Å². The fourth-order valence-electron chi connectivity index (χ4n) is 3.51. The Balaban J connectivity index is 1.45. The van der Waals surface area contributed by atoms with Crippen LogP contribution in [0.3, 0.4) is 0 Å². The van der Waals surface area contributed by atoms with Crippen molar-refractivity contribution in [1.29, 1.82) is 0 Å². The maximum absolute atomic E-state index is 13.1. The predicted octanol–water partition coefficient (Wildman–Crippen LogP) is 5.07. The van der Waals surface area contributed by atoms with Gasteiger partial charge in [-0.3, -0.25) is 4.79 Å². The van der Waals surface area contributed by atoms with Crippen LogP contribution in [0.4, 0.5) is 0 Å². The summed E-state index contributed by atoms with van der Waals surface area (Å²) >= 11 is 0. The average Bonchev–Trinajstić information content (AvgIpc) is 3.43. The summed E-state index contributed by atoms with van der Waals surface area (Å²) in [5, 5.41) is 4.16. The molecule has 0 saturated heterocycles. The van der Waals surface area contributed by atoms with Gasteiger partial charge in [0.1, 0.15) is 0 Å². The van der Waals surface area contributed by atoms with E-state index in [2.05, 4.69) is 36.3 Å². The van der Waals surface area contributed by atoms with E-state index in [1.54, 1.807) is 0 Å². The molecular weight excluding hydrogens is 348 g/mol. The molecule has 0 aliphatic heterocycles. The maximum Gasteiger partial charge on any atom is 0.292 e. The number of benzene rings is 2. The Bertz CT molecular complexity index is 901. The molecule has 2 aromatic carbocycles. The molecule has 1 heterocycles. The number of carbonyl (C=O) groups is 1. The number of hydrogen-bond donors (Lipinski definition) is 0. The van der Waals surface area contributed by atoms with Crippen molar-refractivity contribution < 1.29 is 9.32 Å². The molecule has 1 amide bonds. The van der Waals surface area contributed by atoms with Crippen molar-refractivity contribution in [2.45, 2.75) is 38.6 Å². The summed E-state index contributed by atoms with van der Waals surface area (Å²) < 4.78 is 5.44. The Hall–Kier alpha value is -2.88. The molecule has 4 heteroatoms. The van der Waals surface area contributed by atoms with E-state index in [-0.39, 0.29) is 5.91 Å². The molecule has 1 atom stereocenters. The quantitative estimate of drug-likeness (QED) is 0.553. The molecule has 1 aromatic heterocycles. The average molecular weight is 374 g/mol. The molecule has 1 unspecified atom stereocenters. The minimum Gasteiger partial charge on any atom is -0.351 e. The highest BCUT2D eigenvalue weighted by atomic mass is 16.5. The standard InChI is InChI=1S/C24H26N2O2/c1-18(21-10-6-3-7-11-21)14-22-15-23(28-25-22)24(27)26(17-20-12-13-20)16-19-8-4-2-5-9-19/h2-11,15,18,20H,12-14,16-17H2,1H3. The second-order valence-corrected chi connectivity index (χ2v) is 7.81. The third kappa shape index (κ3) is 4.69. The summed E-state index contributed by atoms with van der Waals surface area (Å²) in [7, 11) is 0. The van der Waals surface area contributed by atoms with Crippen molar-refractivity contribution in [3.8, 4) is 0 Å². The molecular formula is C24H26N2O2. The van der Waals surface area contributed by atoms with Gasteiger partial charge in [0.25, 0.3) is 5.91 Å². The minimum absolute atomic E-state index is 0.0677. The predicted molar refractivity (Wildman–Crippen MR) is 109 cm³/mol. The molecule has 1 fully saturated rings. The van der Waals surface area contributed by atoms with E-state index in [9.17, 15) is 4.79 Å². The van der Waals surface area contributed by atoms with Gasteiger partial charge in [-0.25, -0.2) is 0 Å². The fraction of sp³-hybridized carbons (Fsp3) is 0.333.